The van der Waals surface area contributed by atoms with Crippen LogP contribution in [0, 0.1) is 20.8 Å². The molecule has 3 heteroatoms. The molecule has 3 rings (SSSR count). The maximum absolute atomic E-state index is 5.81. The fraction of sp³-hybridized carbons (Fsp3) is 0.350. The van der Waals surface area contributed by atoms with Crippen LogP contribution in [0.1, 0.15) is 34.4 Å². The van der Waals surface area contributed by atoms with Crippen molar-refractivity contribution in [1.29, 1.82) is 0 Å². The molecule has 0 saturated carbocycles. The van der Waals surface area contributed by atoms with Crippen LogP contribution in [0.4, 0.5) is 0 Å². The van der Waals surface area contributed by atoms with Gasteiger partial charge in [-0.1, -0.05) is 29.8 Å². The molecular weight excluding hydrogens is 284 g/mol. The zero-order chi connectivity index (χ0) is 16.2. The molecule has 23 heavy (non-hydrogen) atoms. The van der Waals surface area contributed by atoms with Crippen molar-refractivity contribution in [2.75, 3.05) is 6.61 Å². The quantitative estimate of drug-likeness (QED) is 0.674. The summed E-state index contributed by atoms with van der Waals surface area (Å²) < 4.78 is 5.81. The highest BCUT2D eigenvalue weighted by atomic mass is 16.5. The predicted molar refractivity (Wildman–Crippen MR) is 94.7 cm³/mol. The van der Waals surface area contributed by atoms with E-state index in [1.165, 1.54) is 33.5 Å². The van der Waals surface area contributed by atoms with Gasteiger partial charge in [0, 0.05) is 18.5 Å². The minimum atomic E-state index is 0.689. The second-order valence-electron chi connectivity index (χ2n) is 6.21. The van der Waals surface area contributed by atoms with Crippen LogP contribution < -0.4 is 0 Å². The lowest BCUT2D eigenvalue weighted by atomic mass is 10.1. The van der Waals surface area contributed by atoms with Crippen LogP contribution in [0.15, 0.2) is 36.5 Å². The second kappa shape index (κ2) is 6.97. The molecule has 0 radical (unpaired) electrons. The van der Waals surface area contributed by atoms with E-state index >= 15 is 0 Å². The van der Waals surface area contributed by atoms with Gasteiger partial charge in [0.1, 0.15) is 0 Å². The molecule has 0 atom stereocenters. The van der Waals surface area contributed by atoms with Crippen LogP contribution in [0.5, 0.6) is 0 Å². The van der Waals surface area contributed by atoms with E-state index in [0.29, 0.717) is 6.61 Å². The number of aromatic nitrogens is 2. The van der Waals surface area contributed by atoms with Crippen molar-refractivity contribution in [3.8, 4) is 0 Å². The Morgan fingerprint density at radius 2 is 2.00 bits per heavy atom. The summed E-state index contributed by atoms with van der Waals surface area (Å²) in [5.41, 5.74) is 8.58. The molecule has 0 spiro atoms. The van der Waals surface area contributed by atoms with Gasteiger partial charge in [0.25, 0.3) is 0 Å². The predicted octanol–water partition coefficient (Wildman–Crippen LogP) is 4.64. The van der Waals surface area contributed by atoms with Crippen molar-refractivity contribution in [3.05, 3.63) is 64.5 Å². The lowest BCUT2D eigenvalue weighted by Gasteiger charge is -2.06. The zero-order valence-corrected chi connectivity index (χ0v) is 14.1. The molecule has 3 aromatic rings. The van der Waals surface area contributed by atoms with E-state index < -0.39 is 0 Å². The summed E-state index contributed by atoms with van der Waals surface area (Å²) in [4.78, 5) is 7.96. The largest absolute Gasteiger partial charge is 0.377 e. The number of rotatable bonds is 6. The van der Waals surface area contributed by atoms with E-state index in [0.717, 1.165) is 25.0 Å². The normalized spacial score (nSPS) is 11.3. The van der Waals surface area contributed by atoms with E-state index in [2.05, 4.69) is 61.1 Å². The Labute approximate surface area is 137 Å². The smallest absolute Gasteiger partial charge is 0.0913 e. The Balaban J connectivity index is 1.54. The molecule has 0 aliphatic carbocycles. The summed E-state index contributed by atoms with van der Waals surface area (Å²) in [6.07, 6.45) is 3.93. The van der Waals surface area contributed by atoms with E-state index in [1.807, 2.05) is 6.20 Å². The van der Waals surface area contributed by atoms with Crippen LogP contribution in [0.2, 0.25) is 0 Å². The maximum atomic E-state index is 5.81. The van der Waals surface area contributed by atoms with Crippen LogP contribution in [0.25, 0.3) is 11.0 Å². The molecule has 0 saturated heterocycles. The van der Waals surface area contributed by atoms with Gasteiger partial charge >= 0.3 is 0 Å². The number of fused-ring (bicyclic) bond motifs is 1. The number of pyridine rings is 1. The highest BCUT2D eigenvalue weighted by Crippen LogP contribution is 2.22. The van der Waals surface area contributed by atoms with Gasteiger partial charge in [-0.2, -0.15) is 0 Å². The summed E-state index contributed by atoms with van der Waals surface area (Å²) >= 11 is 0. The van der Waals surface area contributed by atoms with Gasteiger partial charge in [0.15, 0.2) is 0 Å². The molecule has 0 amide bonds. The molecular formula is C20H24N2O. The molecule has 2 heterocycles. The van der Waals surface area contributed by atoms with Crippen molar-refractivity contribution >= 4 is 11.0 Å². The lowest BCUT2D eigenvalue weighted by Crippen LogP contribution is -1.98. The van der Waals surface area contributed by atoms with Gasteiger partial charge in [-0.05, 0) is 56.4 Å². The standard InChI is InChI=1S/C20H24N2O/c1-14-6-4-7-17(12-14)13-23-11-5-8-18-9-10-21-19-15(2)16(3)22-20(18)19/h4,6-7,9-10,12,22H,5,8,11,13H2,1-3H3. The summed E-state index contributed by atoms with van der Waals surface area (Å²) in [5.74, 6) is 0. The first-order valence-electron chi connectivity index (χ1n) is 8.21. The van der Waals surface area contributed by atoms with Crippen LogP contribution in [-0.4, -0.2) is 16.6 Å². The Kier molecular flexibility index (Phi) is 4.77. The van der Waals surface area contributed by atoms with E-state index in [1.54, 1.807) is 0 Å². The third-order valence-electron chi connectivity index (χ3n) is 4.35. The first kappa shape index (κ1) is 15.8. The fourth-order valence-corrected chi connectivity index (χ4v) is 2.95. The molecule has 1 aromatic carbocycles. The minimum absolute atomic E-state index is 0.689. The van der Waals surface area contributed by atoms with Crippen molar-refractivity contribution < 1.29 is 4.74 Å². The molecule has 0 aliphatic rings. The Bertz CT molecular complexity index is 805. The third kappa shape index (κ3) is 3.62. The topological polar surface area (TPSA) is 37.9 Å². The van der Waals surface area contributed by atoms with Crippen LogP contribution in [-0.2, 0) is 17.8 Å². The van der Waals surface area contributed by atoms with E-state index in [9.17, 15) is 0 Å². The highest BCUT2D eigenvalue weighted by molar-refractivity contribution is 5.83. The number of aromatic amines is 1. The molecule has 1 N–H and O–H groups in total. The van der Waals surface area contributed by atoms with E-state index in [-0.39, 0.29) is 0 Å². The maximum Gasteiger partial charge on any atom is 0.0913 e. The second-order valence-corrected chi connectivity index (χ2v) is 6.21. The molecule has 0 unspecified atom stereocenters. The Morgan fingerprint density at radius 3 is 2.83 bits per heavy atom. The number of aryl methyl sites for hydroxylation is 4. The Hall–Kier alpha value is -2.13. The van der Waals surface area contributed by atoms with Crippen molar-refractivity contribution in [2.45, 2.75) is 40.2 Å². The van der Waals surface area contributed by atoms with Gasteiger partial charge in [-0.3, -0.25) is 4.98 Å². The molecule has 0 aliphatic heterocycles. The SMILES string of the molecule is Cc1cccc(COCCCc2ccnc3c(C)c(C)[nH]c23)c1. The number of hydrogen-bond donors (Lipinski definition) is 1. The number of benzene rings is 1. The number of nitrogens with one attached hydrogen (secondary N) is 1. The summed E-state index contributed by atoms with van der Waals surface area (Å²) in [6, 6.07) is 10.6. The van der Waals surface area contributed by atoms with Gasteiger partial charge in [0.05, 0.1) is 17.6 Å². The Morgan fingerprint density at radius 1 is 1.13 bits per heavy atom. The monoisotopic (exact) mass is 308 g/mol. The van der Waals surface area contributed by atoms with Gasteiger partial charge in [-0.25, -0.2) is 0 Å². The van der Waals surface area contributed by atoms with Gasteiger partial charge < -0.3 is 9.72 Å². The van der Waals surface area contributed by atoms with E-state index in [4.69, 9.17) is 4.74 Å². The van der Waals surface area contributed by atoms with Crippen molar-refractivity contribution in [2.24, 2.45) is 0 Å². The van der Waals surface area contributed by atoms with Crippen molar-refractivity contribution in [1.82, 2.24) is 9.97 Å². The average molecular weight is 308 g/mol. The van der Waals surface area contributed by atoms with Gasteiger partial charge in [0.2, 0.25) is 0 Å². The first-order valence-corrected chi connectivity index (χ1v) is 8.21. The van der Waals surface area contributed by atoms with Crippen LogP contribution in [0.3, 0.4) is 0 Å². The number of hydrogen-bond acceptors (Lipinski definition) is 2. The summed E-state index contributed by atoms with van der Waals surface area (Å²) in [6.45, 7) is 7.80. The fourth-order valence-electron chi connectivity index (χ4n) is 2.95. The average Bonchev–Trinajstić information content (AvgIpc) is 2.83. The molecule has 120 valence electrons. The highest BCUT2D eigenvalue weighted by Gasteiger charge is 2.09. The lowest BCUT2D eigenvalue weighted by molar-refractivity contribution is 0.118. The zero-order valence-electron chi connectivity index (χ0n) is 14.1. The molecule has 2 aromatic heterocycles. The first-order chi connectivity index (χ1) is 11.1. The summed E-state index contributed by atoms with van der Waals surface area (Å²) in [7, 11) is 0. The van der Waals surface area contributed by atoms with Crippen molar-refractivity contribution in [3.63, 3.8) is 0 Å². The molecule has 3 nitrogen and oxygen atoms in total. The molecule has 0 bridgehead atoms. The molecule has 0 fully saturated rings. The van der Waals surface area contributed by atoms with Crippen LogP contribution >= 0.6 is 0 Å². The number of nitrogens with zero attached hydrogens (tertiary/aromatic N) is 1. The number of ether oxygens (including phenoxy) is 1. The third-order valence-corrected chi connectivity index (χ3v) is 4.35. The minimum Gasteiger partial charge on any atom is -0.377 e. The number of H-pyrrole nitrogens is 1. The van der Waals surface area contributed by atoms with Gasteiger partial charge in [-0.15, -0.1) is 0 Å². The summed E-state index contributed by atoms with van der Waals surface area (Å²) in [5, 5.41) is 0.